The van der Waals surface area contributed by atoms with Gasteiger partial charge in [-0.05, 0) is 23.8 Å². The van der Waals surface area contributed by atoms with Crippen LogP contribution in [0.5, 0.6) is 0 Å². The molecule has 0 atom stereocenters. The minimum absolute atomic E-state index is 0.301. The Bertz CT molecular complexity index is 528. The molecule has 0 bridgehead atoms. The van der Waals surface area contributed by atoms with E-state index in [2.05, 4.69) is 6.07 Å². The number of rotatable bonds is 2. The maximum absolute atomic E-state index is 12.2. The zero-order valence-electron chi connectivity index (χ0n) is 8.41. The molecule has 0 spiro atoms. The highest BCUT2D eigenvalue weighted by molar-refractivity contribution is 7.17. The second kappa shape index (κ2) is 4.33. The Morgan fingerprint density at radius 3 is 2.53 bits per heavy atom. The van der Waals surface area contributed by atoms with Gasteiger partial charge in [0.15, 0.2) is 0 Å². The molecule has 0 fully saturated rings. The summed E-state index contributed by atoms with van der Waals surface area (Å²) in [6, 6.07) is 12.5. The van der Waals surface area contributed by atoms with Gasteiger partial charge in [0.2, 0.25) is 0 Å². The monoisotopic (exact) mass is 255 g/mol. The normalized spacial score (nSPS) is 11.5. The van der Waals surface area contributed by atoms with Crippen LogP contribution in [0.4, 0.5) is 13.2 Å². The first kappa shape index (κ1) is 11.9. The maximum Gasteiger partial charge on any atom is 0.455 e. The minimum Gasteiger partial charge on any atom is -0.283 e. The smallest absolute Gasteiger partial charge is 0.283 e. The van der Waals surface area contributed by atoms with Crippen LogP contribution in [0, 0.1) is 6.07 Å². The fourth-order valence-corrected chi connectivity index (χ4v) is 2.25. The van der Waals surface area contributed by atoms with Crippen molar-refractivity contribution in [1.29, 1.82) is 0 Å². The Kier molecular flexibility index (Phi) is 3.02. The van der Waals surface area contributed by atoms with Crippen molar-refractivity contribution in [3.8, 4) is 10.4 Å². The molecule has 1 nitrogen and oxygen atoms in total. The van der Waals surface area contributed by atoms with Gasteiger partial charge in [-0.25, -0.2) is 0 Å². The van der Waals surface area contributed by atoms with Crippen molar-refractivity contribution in [3.05, 3.63) is 47.3 Å². The predicted molar refractivity (Wildman–Crippen MR) is 59.0 cm³/mol. The van der Waals surface area contributed by atoms with Gasteiger partial charge in [-0.1, -0.05) is 24.3 Å². The highest BCUT2D eigenvalue weighted by Crippen LogP contribution is 2.31. The lowest BCUT2D eigenvalue weighted by molar-refractivity contribution is -0.0882. The first-order valence-corrected chi connectivity index (χ1v) is 5.48. The number of halogens is 3. The van der Waals surface area contributed by atoms with E-state index >= 15 is 0 Å². The van der Waals surface area contributed by atoms with E-state index in [4.69, 9.17) is 0 Å². The number of carbonyl (C=O) groups is 1. The van der Waals surface area contributed by atoms with Crippen LogP contribution in [0.25, 0.3) is 10.4 Å². The first-order valence-electron chi connectivity index (χ1n) is 4.67. The Balaban J connectivity index is 2.32. The van der Waals surface area contributed by atoms with Crippen molar-refractivity contribution >= 4 is 17.1 Å². The van der Waals surface area contributed by atoms with Gasteiger partial charge in [-0.15, -0.1) is 11.3 Å². The molecule has 1 aromatic carbocycles. The van der Waals surface area contributed by atoms with E-state index in [1.165, 1.54) is 12.1 Å². The third-order valence-corrected chi connectivity index (χ3v) is 3.18. The zero-order chi connectivity index (χ0) is 12.5. The number of thiophene rings is 1. The number of alkyl halides is 3. The van der Waals surface area contributed by atoms with Crippen molar-refractivity contribution in [1.82, 2.24) is 0 Å². The van der Waals surface area contributed by atoms with Crippen molar-refractivity contribution in [2.45, 2.75) is 6.18 Å². The van der Waals surface area contributed by atoms with Crippen LogP contribution in [0.15, 0.2) is 36.4 Å². The van der Waals surface area contributed by atoms with Gasteiger partial charge < -0.3 is 0 Å². The molecule has 1 heterocycles. The standard InChI is InChI=1S/C12H6F3OS/c13-12(14,15)11(16)10-7-6-9(17-10)8-4-2-1-3-5-8/h1-4,6-7H. The minimum atomic E-state index is -4.82. The van der Waals surface area contributed by atoms with Crippen LogP contribution < -0.4 is 0 Å². The molecule has 1 radical (unpaired) electrons. The van der Waals surface area contributed by atoms with Crippen molar-refractivity contribution < 1.29 is 18.0 Å². The van der Waals surface area contributed by atoms with E-state index in [0.717, 1.165) is 11.3 Å². The van der Waals surface area contributed by atoms with Crippen LogP contribution in [0.3, 0.4) is 0 Å². The van der Waals surface area contributed by atoms with Crippen LogP contribution in [-0.4, -0.2) is 12.0 Å². The van der Waals surface area contributed by atoms with E-state index < -0.39 is 12.0 Å². The Labute approximate surface area is 99.5 Å². The molecule has 1 aromatic heterocycles. The van der Waals surface area contributed by atoms with Gasteiger partial charge in [-0.3, -0.25) is 4.79 Å². The summed E-state index contributed by atoms with van der Waals surface area (Å²) in [5, 5.41) is 0. The number of hydrogen-bond donors (Lipinski definition) is 0. The molecule has 0 aliphatic carbocycles. The summed E-state index contributed by atoms with van der Waals surface area (Å²) < 4.78 is 36.6. The van der Waals surface area contributed by atoms with E-state index in [1.54, 1.807) is 24.3 Å². The lowest BCUT2D eigenvalue weighted by Crippen LogP contribution is -2.21. The van der Waals surface area contributed by atoms with Gasteiger partial charge in [0.25, 0.3) is 5.78 Å². The van der Waals surface area contributed by atoms with E-state index in [9.17, 15) is 18.0 Å². The summed E-state index contributed by atoms with van der Waals surface area (Å²) in [5.74, 6) is -1.80. The molecule has 0 N–H and O–H groups in total. The van der Waals surface area contributed by atoms with Crippen LogP contribution in [0.1, 0.15) is 9.67 Å². The van der Waals surface area contributed by atoms with Gasteiger partial charge in [0.1, 0.15) is 0 Å². The SMILES string of the molecule is O=C(c1ccc(-c2[c]cccc2)s1)C(F)(F)F. The topological polar surface area (TPSA) is 17.1 Å². The molecule has 0 saturated carbocycles. The van der Waals surface area contributed by atoms with Crippen molar-refractivity contribution in [2.75, 3.05) is 0 Å². The summed E-state index contributed by atoms with van der Waals surface area (Å²) in [5.41, 5.74) is 0.679. The molecule has 0 saturated heterocycles. The highest BCUT2D eigenvalue weighted by atomic mass is 32.1. The second-order valence-corrected chi connectivity index (χ2v) is 4.35. The molecule has 87 valence electrons. The lowest BCUT2D eigenvalue weighted by atomic mass is 10.2. The average molecular weight is 255 g/mol. The molecule has 0 aliphatic heterocycles. The van der Waals surface area contributed by atoms with E-state index in [0.29, 0.717) is 10.4 Å². The summed E-state index contributed by atoms with van der Waals surface area (Å²) >= 11 is 0.820. The summed E-state index contributed by atoms with van der Waals surface area (Å²) in [7, 11) is 0. The summed E-state index contributed by atoms with van der Waals surface area (Å²) in [4.78, 5) is 11.3. The average Bonchev–Trinajstić information content (AvgIpc) is 2.77. The summed E-state index contributed by atoms with van der Waals surface area (Å²) in [6.45, 7) is 0. The van der Waals surface area contributed by atoms with E-state index in [-0.39, 0.29) is 4.88 Å². The molecular formula is C12H6F3OS. The molecule has 17 heavy (non-hydrogen) atoms. The molecule has 0 unspecified atom stereocenters. The van der Waals surface area contributed by atoms with Crippen molar-refractivity contribution in [2.24, 2.45) is 0 Å². The van der Waals surface area contributed by atoms with Crippen LogP contribution in [-0.2, 0) is 0 Å². The van der Waals surface area contributed by atoms with Crippen LogP contribution >= 0.6 is 11.3 Å². The molecule has 0 aliphatic rings. The molecule has 2 aromatic rings. The molecule has 2 rings (SSSR count). The van der Waals surface area contributed by atoms with Gasteiger partial charge in [0, 0.05) is 4.88 Å². The van der Waals surface area contributed by atoms with Gasteiger partial charge in [-0.2, -0.15) is 13.2 Å². The molecular weight excluding hydrogens is 249 g/mol. The molecule has 0 amide bonds. The Morgan fingerprint density at radius 1 is 1.18 bits per heavy atom. The molecule has 5 heteroatoms. The highest BCUT2D eigenvalue weighted by Gasteiger charge is 2.40. The number of ketones is 1. The number of hydrogen-bond acceptors (Lipinski definition) is 2. The van der Waals surface area contributed by atoms with Gasteiger partial charge in [0.05, 0.1) is 4.88 Å². The summed E-state index contributed by atoms with van der Waals surface area (Å²) in [6.07, 6.45) is -4.82. The number of benzene rings is 1. The third kappa shape index (κ3) is 2.55. The first-order chi connectivity index (χ1) is 7.98. The van der Waals surface area contributed by atoms with Crippen LogP contribution in [0.2, 0.25) is 0 Å². The van der Waals surface area contributed by atoms with Crippen molar-refractivity contribution in [3.63, 3.8) is 0 Å². The Morgan fingerprint density at radius 2 is 1.94 bits per heavy atom. The predicted octanol–water partition coefficient (Wildman–Crippen LogP) is 3.96. The van der Waals surface area contributed by atoms with Gasteiger partial charge >= 0.3 is 6.18 Å². The largest absolute Gasteiger partial charge is 0.455 e. The fourth-order valence-electron chi connectivity index (χ4n) is 1.29. The quantitative estimate of drug-likeness (QED) is 0.742. The zero-order valence-corrected chi connectivity index (χ0v) is 9.23. The number of carbonyl (C=O) groups excluding carboxylic acids is 1. The number of Topliss-reactive ketones (excluding diaryl/α,β-unsaturated/α-hetero) is 1. The van der Waals surface area contributed by atoms with E-state index in [1.807, 2.05) is 0 Å². The second-order valence-electron chi connectivity index (χ2n) is 3.27. The lowest BCUT2D eigenvalue weighted by Gasteiger charge is -2.01. The maximum atomic E-state index is 12.2. The Hall–Kier alpha value is -1.62. The fraction of sp³-hybridized carbons (Fsp3) is 0.0833. The third-order valence-electron chi connectivity index (χ3n) is 2.06.